The van der Waals surface area contributed by atoms with Crippen LogP contribution in [0.5, 0.6) is 0 Å². The Morgan fingerprint density at radius 1 is 1.23 bits per heavy atom. The van der Waals surface area contributed by atoms with Crippen LogP contribution in [0.4, 0.5) is 11.4 Å². The van der Waals surface area contributed by atoms with Gasteiger partial charge in [0.1, 0.15) is 11.1 Å². The Hall–Kier alpha value is -2.59. The number of likely N-dealkylation sites (tertiary alicyclic amines) is 1. The number of carbonyl (C=O) groups is 1. The van der Waals surface area contributed by atoms with E-state index in [0.717, 1.165) is 43.0 Å². The molecule has 2 saturated heterocycles. The molecule has 2 heterocycles. The molecule has 0 spiro atoms. The quantitative estimate of drug-likeness (QED) is 0.555. The summed E-state index contributed by atoms with van der Waals surface area (Å²) >= 11 is 6.64. The number of benzene rings is 2. The summed E-state index contributed by atoms with van der Waals surface area (Å²) < 4.78 is 0.207. The molecule has 2 aliphatic rings. The minimum Gasteiger partial charge on any atom is -0.369 e. The molecule has 162 valence electrons. The molecule has 1 amide bonds. The van der Waals surface area contributed by atoms with Gasteiger partial charge in [-0.05, 0) is 29.3 Å². The summed E-state index contributed by atoms with van der Waals surface area (Å²) in [6, 6.07) is 16.3. The van der Waals surface area contributed by atoms with Crippen LogP contribution in [0.3, 0.4) is 0 Å². The molecule has 2 aromatic carbocycles. The van der Waals surface area contributed by atoms with Crippen molar-refractivity contribution in [3.05, 3.63) is 47.5 Å². The second kappa shape index (κ2) is 8.88. The van der Waals surface area contributed by atoms with Gasteiger partial charge < -0.3 is 16.0 Å². The summed E-state index contributed by atoms with van der Waals surface area (Å²) in [5.41, 5.74) is 9.89. The molecule has 0 saturated carbocycles. The van der Waals surface area contributed by atoms with Crippen molar-refractivity contribution in [1.29, 1.82) is 5.26 Å². The molecule has 0 radical (unpaired) electrons. The number of hydrogen-bond donors (Lipinski definition) is 2. The zero-order valence-corrected chi connectivity index (χ0v) is 18.6. The average Bonchev–Trinajstić information content (AvgIpc) is 3.12. The Kier molecular flexibility index (Phi) is 6.19. The number of quaternary nitrogens is 1. The van der Waals surface area contributed by atoms with Gasteiger partial charge in [0.15, 0.2) is 18.3 Å². The normalized spacial score (nSPS) is 25.9. The van der Waals surface area contributed by atoms with E-state index in [9.17, 15) is 10.1 Å². The number of halogens is 1. The highest BCUT2D eigenvalue weighted by Crippen LogP contribution is 2.43. The second-order valence-electron chi connectivity index (χ2n) is 8.74. The number of nitrogens with zero attached hydrogens (tertiary/aromatic N) is 3. The summed E-state index contributed by atoms with van der Waals surface area (Å²) in [6.07, 6.45) is 0.664. The molecule has 0 aromatic heterocycles. The minimum atomic E-state index is -0.447. The van der Waals surface area contributed by atoms with E-state index in [0.29, 0.717) is 18.0 Å². The molecule has 2 aromatic rings. The van der Waals surface area contributed by atoms with Gasteiger partial charge >= 0.3 is 0 Å². The van der Waals surface area contributed by atoms with Crippen LogP contribution in [0.2, 0.25) is 5.02 Å². The Morgan fingerprint density at radius 2 is 1.90 bits per heavy atom. The lowest BCUT2D eigenvalue weighted by Gasteiger charge is -2.37. The molecule has 0 bridgehead atoms. The van der Waals surface area contributed by atoms with Crippen molar-refractivity contribution in [2.45, 2.75) is 19.4 Å². The molecule has 2 aliphatic heterocycles. The molecular formula is C24H29ClN5O+. The lowest BCUT2D eigenvalue weighted by Crippen LogP contribution is -2.58. The number of anilines is 1. The van der Waals surface area contributed by atoms with Crippen molar-refractivity contribution in [2.75, 3.05) is 44.2 Å². The maximum absolute atomic E-state index is 12.3. The number of nitrogens with two attached hydrogens (primary N) is 1. The van der Waals surface area contributed by atoms with Crippen molar-refractivity contribution >= 4 is 28.9 Å². The van der Waals surface area contributed by atoms with Gasteiger partial charge in [0.25, 0.3) is 5.91 Å². The third kappa shape index (κ3) is 4.14. The molecule has 2 fully saturated rings. The highest BCUT2D eigenvalue weighted by atomic mass is 35.5. The number of nitriles is 1. The van der Waals surface area contributed by atoms with Gasteiger partial charge in [0, 0.05) is 50.3 Å². The van der Waals surface area contributed by atoms with E-state index >= 15 is 0 Å². The zero-order chi connectivity index (χ0) is 22.0. The summed E-state index contributed by atoms with van der Waals surface area (Å²) in [5.74, 6) is -0.0923. The van der Waals surface area contributed by atoms with Crippen molar-refractivity contribution in [3.63, 3.8) is 0 Å². The molecule has 3 N–H and O–H groups in total. The van der Waals surface area contributed by atoms with E-state index < -0.39 is 6.04 Å². The standard InChI is InChI=1S/C24H28ClN5O/c1-17-14-23(24(27)31)30(16-17,13-8-26)22-15-19(4-7-21(22)25)18-2-5-20(6-3-18)29-11-9-28-10-12-29/h2-7,15,17,23,28H,9-14,16H2,1H3,(H-,27,31)/p+1/t17-,23-,30?/m0/s1. The summed E-state index contributed by atoms with van der Waals surface area (Å²) in [7, 11) is 0. The number of hydrogen-bond acceptors (Lipinski definition) is 4. The van der Waals surface area contributed by atoms with Crippen LogP contribution in [-0.4, -0.2) is 51.2 Å². The van der Waals surface area contributed by atoms with Crippen LogP contribution in [0, 0.1) is 17.2 Å². The Balaban J connectivity index is 1.71. The van der Waals surface area contributed by atoms with Crippen LogP contribution in [0.25, 0.3) is 11.1 Å². The maximum Gasteiger partial charge on any atom is 0.276 e. The minimum absolute atomic E-state index is 0.170. The fourth-order valence-corrected chi connectivity index (χ4v) is 5.46. The van der Waals surface area contributed by atoms with E-state index in [1.807, 2.05) is 18.2 Å². The Labute approximate surface area is 188 Å². The van der Waals surface area contributed by atoms with E-state index in [1.54, 1.807) is 0 Å². The number of amides is 1. The SMILES string of the molecule is C[C@H]1C[C@@H](C(N)=O)[N+](CC#N)(c2cc(-c3ccc(N4CCNCC4)cc3)ccc2Cl)C1. The van der Waals surface area contributed by atoms with Gasteiger partial charge in [-0.25, -0.2) is 0 Å². The van der Waals surface area contributed by atoms with Gasteiger partial charge in [-0.15, -0.1) is 0 Å². The predicted molar refractivity (Wildman–Crippen MR) is 126 cm³/mol. The van der Waals surface area contributed by atoms with E-state index in [-0.39, 0.29) is 22.9 Å². The topological polar surface area (TPSA) is 82.1 Å². The van der Waals surface area contributed by atoms with Crippen molar-refractivity contribution in [3.8, 4) is 17.2 Å². The highest BCUT2D eigenvalue weighted by molar-refractivity contribution is 6.33. The Morgan fingerprint density at radius 3 is 2.55 bits per heavy atom. The zero-order valence-electron chi connectivity index (χ0n) is 17.9. The second-order valence-corrected chi connectivity index (χ2v) is 9.15. The first-order chi connectivity index (χ1) is 14.9. The molecule has 3 atom stereocenters. The van der Waals surface area contributed by atoms with Crippen LogP contribution in [-0.2, 0) is 4.79 Å². The van der Waals surface area contributed by atoms with Gasteiger partial charge in [-0.3, -0.25) is 9.28 Å². The number of rotatable bonds is 5. The molecule has 6 nitrogen and oxygen atoms in total. The summed E-state index contributed by atoms with van der Waals surface area (Å²) in [5, 5.41) is 13.5. The third-order valence-electron chi connectivity index (χ3n) is 6.65. The number of piperazine rings is 1. The largest absolute Gasteiger partial charge is 0.369 e. The summed E-state index contributed by atoms with van der Waals surface area (Å²) in [4.78, 5) is 14.7. The summed E-state index contributed by atoms with van der Waals surface area (Å²) in [6.45, 7) is 6.95. The molecule has 7 heteroatoms. The highest BCUT2D eigenvalue weighted by Gasteiger charge is 2.51. The number of primary amides is 1. The lowest BCUT2D eigenvalue weighted by molar-refractivity contribution is -0.121. The fraction of sp³-hybridized carbons (Fsp3) is 0.417. The molecular weight excluding hydrogens is 410 g/mol. The first-order valence-corrected chi connectivity index (χ1v) is 11.2. The monoisotopic (exact) mass is 438 g/mol. The van der Waals surface area contributed by atoms with Crippen LogP contribution < -0.4 is 20.4 Å². The number of carbonyl (C=O) groups excluding carboxylic acids is 1. The van der Waals surface area contributed by atoms with Crippen LogP contribution in [0.1, 0.15) is 13.3 Å². The van der Waals surface area contributed by atoms with E-state index in [2.05, 4.69) is 47.5 Å². The van der Waals surface area contributed by atoms with E-state index in [4.69, 9.17) is 17.3 Å². The smallest absolute Gasteiger partial charge is 0.276 e. The molecule has 0 aliphatic carbocycles. The first-order valence-electron chi connectivity index (χ1n) is 10.8. The maximum atomic E-state index is 12.3. The van der Waals surface area contributed by atoms with E-state index in [1.165, 1.54) is 5.69 Å². The van der Waals surface area contributed by atoms with Crippen molar-refractivity contribution < 1.29 is 4.79 Å². The van der Waals surface area contributed by atoms with Gasteiger partial charge in [-0.1, -0.05) is 36.7 Å². The van der Waals surface area contributed by atoms with Gasteiger partial charge in [0.2, 0.25) is 0 Å². The first kappa shape index (κ1) is 21.6. The molecule has 4 rings (SSSR count). The van der Waals surface area contributed by atoms with Gasteiger partial charge in [-0.2, -0.15) is 5.26 Å². The van der Waals surface area contributed by atoms with Gasteiger partial charge in [0.05, 0.1) is 6.54 Å². The van der Waals surface area contributed by atoms with Crippen molar-refractivity contribution in [2.24, 2.45) is 11.7 Å². The van der Waals surface area contributed by atoms with Crippen molar-refractivity contribution in [1.82, 2.24) is 9.80 Å². The third-order valence-corrected chi connectivity index (χ3v) is 6.97. The van der Waals surface area contributed by atoms with Crippen LogP contribution in [0.15, 0.2) is 42.5 Å². The fourth-order valence-electron chi connectivity index (χ4n) is 5.17. The number of nitrogens with one attached hydrogen (secondary N) is 1. The Bertz CT molecular complexity index is 996. The molecule has 31 heavy (non-hydrogen) atoms. The average molecular weight is 439 g/mol. The lowest BCUT2D eigenvalue weighted by atomic mass is 10.0. The predicted octanol–water partition coefficient (Wildman–Crippen LogP) is 3.14. The molecule has 1 unspecified atom stereocenters. The van der Waals surface area contributed by atoms with Crippen LogP contribution >= 0.6 is 11.6 Å².